The van der Waals surface area contributed by atoms with Gasteiger partial charge in [0.1, 0.15) is 11.5 Å². The molecule has 0 unspecified atom stereocenters. The van der Waals surface area contributed by atoms with Crippen LogP contribution in [-0.4, -0.2) is 29.9 Å². The zero-order valence-electron chi connectivity index (χ0n) is 19.4. The number of aromatic nitrogens is 2. The molecule has 0 aliphatic carbocycles. The average molecular weight is 512 g/mol. The van der Waals surface area contributed by atoms with Crippen LogP contribution in [0, 0.1) is 13.8 Å². The molecule has 11 heteroatoms. The monoisotopic (exact) mass is 511 g/mol. The van der Waals surface area contributed by atoms with Gasteiger partial charge in [0.05, 0.1) is 28.6 Å². The van der Waals surface area contributed by atoms with E-state index in [4.69, 9.17) is 0 Å². The molecular weight excluding hydrogens is 486 g/mol. The van der Waals surface area contributed by atoms with E-state index in [2.05, 4.69) is 15.3 Å². The van der Waals surface area contributed by atoms with Crippen molar-refractivity contribution in [1.82, 2.24) is 9.97 Å². The highest BCUT2D eigenvalue weighted by Gasteiger charge is 2.40. The summed E-state index contributed by atoms with van der Waals surface area (Å²) in [5.74, 6) is -0.426. The molecule has 1 saturated heterocycles. The third kappa shape index (κ3) is 4.91. The number of sulfone groups is 1. The Bertz CT molecular complexity index is 1450. The van der Waals surface area contributed by atoms with Gasteiger partial charge in [-0.05, 0) is 74.1 Å². The number of hydrogen-bond donors (Lipinski definition) is 2. The number of anilines is 1. The van der Waals surface area contributed by atoms with Crippen molar-refractivity contribution in [3.8, 4) is 0 Å². The molecule has 1 aliphatic rings. The van der Waals surface area contributed by atoms with Crippen molar-refractivity contribution in [3.05, 3.63) is 68.6 Å². The van der Waals surface area contributed by atoms with Crippen molar-refractivity contribution < 1.29 is 26.0 Å². The summed E-state index contributed by atoms with van der Waals surface area (Å²) in [6.45, 7) is 4.71. The molecule has 2 heterocycles. The number of rotatable bonds is 4. The van der Waals surface area contributed by atoms with E-state index in [-0.39, 0.29) is 35.7 Å². The summed E-state index contributed by atoms with van der Waals surface area (Å²) in [7, 11) is -3.29. The first-order valence-corrected chi connectivity index (χ1v) is 12.9. The number of benzene rings is 2. The van der Waals surface area contributed by atoms with Crippen molar-refractivity contribution in [2.75, 3.05) is 16.8 Å². The van der Waals surface area contributed by atoms with Crippen molar-refractivity contribution in [3.63, 3.8) is 0 Å². The van der Waals surface area contributed by atoms with Gasteiger partial charge in [-0.15, -0.1) is 0 Å². The van der Waals surface area contributed by atoms with E-state index in [1.54, 1.807) is 32.0 Å². The maximum Gasteiger partial charge on any atom is 0.416 e. The minimum absolute atomic E-state index is 0.0526. The topological polar surface area (TPSA) is 91.9 Å². The summed E-state index contributed by atoms with van der Waals surface area (Å²) in [5.41, 5.74) is -1.61. The summed E-state index contributed by atoms with van der Waals surface area (Å²) in [6, 6.07) is 6.37. The van der Waals surface area contributed by atoms with Gasteiger partial charge in [0, 0.05) is 5.39 Å². The van der Waals surface area contributed by atoms with Crippen molar-refractivity contribution >= 4 is 26.6 Å². The first kappa shape index (κ1) is 25.2. The van der Waals surface area contributed by atoms with E-state index < -0.39 is 39.0 Å². The fourth-order valence-corrected chi connectivity index (χ4v) is 6.22. The van der Waals surface area contributed by atoms with Crippen LogP contribution in [0.2, 0.25) is 0 Å². The predicted molar refractivity (Wildman–Crippen MR) is 126 cm³/mol. The van der Waals surface area contributed by atoms with Gasteiger partial charge in [-0.1, -0.05) is 12.1 Å². The van der Waals surface area contributed by atoms with Crippen LogP contribution in [0.1, 0.15) is 53.6 Å². The quantitative estimate of drug-likeness (QED) is 0.476. The Balaban J connectivity index is 1.78. The molecule has 2 aromatic carbocycles. The lowest BCUT2D eigenvalue weighted by molar-refractivity contribution is -0.138. The largest absolute Gasteiger partial charge is 0.416 e. The molecule has 35 heavy (non-hydrogen) atoms. The number of halogens is 4. The van der Waals surface area contributed by atoms with Gasteiger partial charge in [-0.2, -0.15) is 18.2 Å². The van der Waals surface area contributed by atoms with Gasteiger partial charge in [0.25, 0.3) is 0 Å². The first-order valence-electron chi connectivity index (χ1n) is 11.1. The Morgan fingerprint density at radius 1 is 1.14 bits per heavy atom. The molecule has 0 spiro atoms. The zero-order chi connectivity index (χ0) is 25.8. The van der Waals surface area contributed by atoms with E-state index in [9.17, 15) is 26.4 Å². The van der Waals surface area contributed by atoms with Gasteiger partial charge in [0.2, 0.25) is 0 Å². The van der Waals surface area contributed by atoms with E-state index >= 15 is 4.39 Å². The summed E-state index contributed by atoms with van der Waals surface area (Å²) < 4.78 is 79.7. The number of aromatic amines is 1. The van der Waals surface area contributed by atoms with Crippen LogP contribution in [0.15, 0.2) is 35.1 Å². The normalized spacial score (nSPS) is 18.4. The lowest BCUT2D eigenvalue weighted by Gasteiger charge is -2.31. The summed E-state index contributed by atoms with van der Waals surface area (Å²) in [6.07, 6.45) is -4.87. The second-order valence-electron chi connectivity index (χ2n) is 9.10. The molecular formula is C24H25F4N3O3S. The minimum atomic E-state index is -4.51. The molecule has 0 saturated carbocycles. The van der Waals surface area contributed by atoms with Crippen molar-refractivity contribution in [2.45, 2.75) is 51.5 Å². The van der Waals surface area contributed by atoms with E-state index in [1.165, 1.54) is 13.0 Å². The van der Waals surface area contributed by atoms with E-state index in [0.29, 0.717) is 27.6 Å². The van der Waals surface area contributed by atoms with E-state index in [0.717, 1.165) is 6.07 Å². The molecule has 0 amide bonds. The highest BCUT2D eigenvalue weighted by molar-refractivity contribution is 7.91. The smallest absolute Gasteiger partial charge is 0.363 e. The Morgan fingerprint density at radius 3 is 2.43 bits per heavy atom. The second kappa shape index (κ2) is 8.61. The number of fused-ring (bicyclic) bond motifs is 1. The molecule has 4 rings (SSSR count). The maximum atomic E-state index is 15.9. The third-order valence-corrected chi connectivity index (χ3v) is 8.33. The summed E-state index contributed by atoms with van der Waals surface area (Å²) in [5, 5.41) is 3.40. The van der Waals surface area contributed by atoms with Gasteiger partial charge in [-0.3, -0.25) is 0 Å². The van der Waals surface area contributed by atoms with Gasteiger partial charge in [-0.25, -0.2) is 17.6 Å². The average Bonchev–Trinajstić information content (AvgIpc) is 2.74. The third-order valence-electron chi connectivity index (χ3n) is 6.68. The molecule has 3 aromatic rings. The standard InChI is InChI=1S/C24H25F4N3O3S/c1-13-11-20-17(12-19(13)23(25)7-9-35(33,34)10-8-23)21(31-22(32)30-20)29-15(3)16-5-4-6-18(14(16)2)24(26,27)28/h4-6,11-12,15H,7-10H2,1-3H3,(H2,29,30,31,32)/t15-/m1/s1. The number of nitrogens with zero attached hydrogens (tertiary/aromatic N) is 1. The fraction of sp³-hybridized carbons (Fsp3) is 0.417. The Hall–Kier alpha value is -2.95. The lowest BCUT2D eigenvalue weighted by atomic mass is 9.86. The molecule has 1 aliphatic heterocycles. The number of nitrogens with one attached hydrogen (secondary N) is 2. The SMILES string of the molecule is Cc1cc2[nH]c(=O)nc(N[C@H](C)c3cccc(C(F)(F)F)c3C)c2cc1C1(F)CCS(=O)(=O)CC1. The Kier molecular flexibility index (Phi) is 6.19. The molecule has 2 N–H and O–H groups in total. The number of aryl methyl sites for hydroxylation is 1. The molecule has 1 atom stereocenters. The maximum absolute atomic E-state index is 15.9. The number of alkyl halides is 4. The highest BCUT2D eigenvalue weighted by Crippen LogP contribution is 2.41. The molecule has 1 aromatic heterocycles. The number of H-pyrrole nitrogens is 1. The van der Waals surface area contributed by atoms with Crippen molar-refractivity contribution in [2.24, 2.45) is 0 Å². The fourth-order valence-electron chi connectivity index (χ4n) is 4.75. The van der Waals surface area contributed by atoms with Crippen LogP contribution in [-0.2, 0) is 21.7 Å². The minimum Gasteiger partial charge on any atom is -0.363 e. The molecule has 1 fully saturated rings. The lowest BCUT2D eigenvalue weighted by Crippen LogP contribution is -2.34. The number of hydrogen-bond acceptors (Lipinski definition) is 5. The van der Waals surface area contributed by atoms with Crippen LogP contribution >= 0.6 is 0 Å². The van der Waals surface area contributed by atoms with Gasteiger partial charge >= 0.3 is 11.9 Å². The van der Waals surface area contributed by atoms with E-state index in [1.807, 2.05) is 0 Å². The molecule has 0 bridgehead atoms. The Labute approximate surface area is 199 Å². The van der Waals surface area contributed by atoms with Crippen LogP contribution < -0.4 is 11.0 Å². The first-order chi connectivity index (χ1) is 16.2. The van der Waals surface area contributed by atoms with Gasteiger partial charge < -0.3 is 10.3 Å². The highest BCUT2D eigenvalue weighted by atomic mass is 32.2. The Morgan fingerprint density at radius 2 is 1.80 bits per heavy atom. The van der Waals surface area contributed by atoms with Crippen LogP contribution in [0.25, 0.3) is 10.9 Å². The molecule has 0 radical (unpaired) electrons. The summed E-state index contributed by atoms with van der Waals surface area (Å²) >= 11 is 0. The van der Waals surface area contributed by atoms with Crippen LogP contribution in [0.4, 0.5) is 23.4 Å². The summed E-state index contributed by atoms with van der Waals surface area (Å²) in [4.78, 5) is 18.8. The van der Waals surface area contributed by atoms with Crippen molar-refractivity contribution in [1.29, 1.82) is 0 Å². The molecule has 188 valence electrons. The zero-order valence-corrected chi connectivity index (χ0v) is 20.2. The van der Waals surface area contributed by atoms with Crippen LogP contribution in [0.3, 0.4) is 0 Å². The molecule has 6 nitrogen and oxygen atoms in total. The van der Waals surface area contributed by atoms with Crippen LogP contribution in [0.5, 0.6) is 0 Å². The predicted octanol–water partition coefficient (Wildman–Crippen LogP) is 5.11. The van der Waals surface area contributed by atoms with Gasteiger partial charge in [0.15, 0.2) is 9.84 Å². The second-order valence-corrected chi connectivity index (χ2v) is 11.4.